The maximum absolute atomic E-state index is 12.6. The van der Waals surface area contributed by atoms with Crippen molar-refractivity contribution in [1.29, 1.82) is 0 Å². The van der Waals surface area contributed by atoms with Crippen molar-refractivity contribution in [2.75, 3.05) is 0 Å². The minimum Gasteiger partial charge on any atom is -0.451 e. The van der Waals surface area contributed by atoms with E-state index in [2.05, 4.69) is 5.32 Å². The molecule has 1 aromatic carbocycles. The van der Waals surface area contributed by atoms with Gasteiger partial charge in [0.2, 0.25) is 0 Å². The SMILES string of the molecule is Cc1ccc2c(C)c(C(=O)N[C@@H]3CCCC[C@@H](O)[C@@H]3O)oc2c1. The fraction of sp³-hybridized carbons (Fsp3) is 0.500. The van der Waals surface area contributed by atoms with Crippen LogP contribution in [0.2, 0.25) is 0 Å². The molecule has 0 radical (unpaired) electrons. The van der Waals surface area contributed by atoms with Crippen LogP contribution in [-0.2, 0) is 0 Å². The monoisotopic (exact) mass is 317 g/mol. The van der Waals surface area contributed by atoms with Crippen molar-refractivity contribution in [3.63, 3.8) is 0 Å². The second-order valence-corrected chi connectivity index (χ2v) is 6.48. The number of hydrogen-bond donors (Lipinski definition) is 3. The topological polar surface area (TPSA) is 82.7 Å². The van der Waals surface area contributed by atoms with Crippen LogP contribution in [0.5, 0.6) is 0 Å². The Labute approximate surface area is 135 Å². The highest BCUT2D eigenvalue weighted by atomic mass is 16.3. The lowest BCUT2D eigenvalue weighted by Gasteiger charge is -2.24. The van der Waals surface area contributed by atoms with E-state index in [1.165, 1.54) is 0 Å². The van der Waals surface area contributed by atoms with Gasteiger partial charge in [0, 0.05) is 10.9 Å². The minimum absolute atomic E-state index is 0.275. The third-order valence-corrected chi connectivity index (χ3v) is 4.69. The summed E-state index contributed by atoms with van der Waals surface area (Å²) in [6.07, 6.45) is 1.22. The van der Waals surface area contributed by atoms with Crippen LogP contribution in [0.25, 0.3) is 11.0 Å². The lowest BCUT2D eigenvalue weighted by atomic mass is 10.0. The zero-order chi connectivity index (χ0) is 16.6. The molecule has 3 rings (SSSR count). The number of fused-ring (bicyclic) bond motifs is 1. The molecule has 1 heterocycles. The first-order chi connectivity index (χ1) is 11.0. The molecule has 3 N–H and O–H groups in total. The highest BCUT2D eigenvalue weighted by Crippen LogP contribution is 2.27. The Balaban J connectivity index is 1.84. The van der Waals surface area contributed by atoms with Crippen molar-refractivity contribution >= 4 is 16.9 Å². The van der Waals surface area contributed by atoms with Gasteiger partial charge in [-0.25, -0.2) is 0 Å². The van der Waals surface area contributed by atoms with Gasteiger partial charge in [0.25, 0.3) is 5.91 Å². The number of hydrogen-bond acceptors (Lipinski definition) is 4. The predicted octanol–water partition coefficient (Wildman–Crippen LogP) is 2.44. The van der Waals surface area contributed by atoms with Crippen LogP contribution in [-0.4, -0.2) is 34.4 Å². The fourth-order valence-corrected chi connectivity index (χ4v) is 3.27. The van der Waals surface area contributed by atoms with Crippen molar-refractivity contribution in [1.82, 2.24) is 5.32 Å². The van der Waals surface area contributed by atoms with Gasteiger partial charge in [-0.15, -0.1) is 0 Å². The number of aliphatic hydroxyl groups excluding tert-OH is 2. The Morgan fingerprint density at radius 2 is 1.96 bits per heavy atom. The largest absolute Gasteiger partial charge is 0.451 e. The van der Waals surface area contributed by atoms with Gasteiger partial charge in [-0.1, -0.05) is 25.0 Å². The molecule has 3 atom stereocenters. The summed E-state index contributed by atoms with van der Waals surface area (Å²) in [6, 6.07) is 5.39. The van der Waals surface area contributed by atoms with E-state index in [4.69, 9.17) is 4.42 Å². The highest BCUT2D eigenvalue weighted by Gasteiger charge is 2.31. The Morgan fingerprint density at radius 3 is 2.74 bits per heavy atom. The van der Waals surface area contributed by atoms with Gasteiger partial charge >= 0.3 is 0 Å². The normalized spacial score (nSPS) is 25.3. The van der Waals surface area contributed by atoms with Gasteiger partial charge in [0.05, 0.1) is 12.1 Å². The number of aryl methyl sites for hydroxylation is 2. The predicted molar refractivity (Wildman–Crippen MR) is 87.4 cm³/mol. The molecule has 5 nitrogen and oxygen atoms in total. The molecule has 2 aromatic rings. The van der Waals surface area contributed by atoms with Gasteiger partial charge in [0.15, 0.2) is 5.76 Å². The Bertz CT molecular complexity index is 721. The van der Waals surface area contributed by atoms with Crippen molar-refractivity contribution in [3.05, 3.63) is 35.1 Å². The highest BCUT2D eigenvalue weighted by molar-refractivity contribution is 5.99. The second-order valence-electron chi connectivity index (χ2n) is 6.48. The maximum Gasteiger partial charge on any atom is 0.287 e. The van der Waals surface area contributed by atoms with E-state index >= 15 is 0 Å². The first-order valence-corrected chi connectivity index (χ1v) is 8.14. The third kappa shape index (κ3) is 3.12. The molecule has 1 fully saturated rings. The van der Waals surface area contributed by atoms with Crippen LogP contribution in [0.1, 0.15) is 47.4 Å². The van der Waals surface area contributed by atoms with E-state index in [1.54, 1.807) is 0 Å². The average Bonchev–Trinajstić information content (AvgIpc) is 2.76. The van der Waals surface area contributed by atoms with E-state index in [-0.39, 0.29) is 11.7 Å². The second kappa shape index (κ2) is 6.34. The van der Waals surface area contributed by atoms with Crippen LogP contribution >= 0.6 is 0 Å². The fourth-order valence-electron chi connectivity index (χ4n) is 3.27. The van der Waals surface area contributed by atoms with Crippen molar-refractivity contribution in [3.8, 4) is 0 Å². The lowest BCUT2D eigenvalue weighted by molar-refractivity contribution is -0.00145. The molecule has 124 valence electrons. The average molecular weight is 317 g/mol. The molecule has 0 spiro atoms. The summed E-state index contributed by atoms with van der Waals surface area (Å²) < 4.78 is 5.72. The first-order valence-electron chi connectivity index (χ1n) is 8.14. The summed E-state index contributed by atoms with van der Waals surface area (Å²) in [5.41, 5.74) is 2.55. The first kappa shape index (κ1) is 16.0. The number of carbonyl (C=O) groups excluding carboxylic acids is 1. The molecule has 0 bridgehead atoms. The number of benzene rings is 1. The Morgan fingerprint density at radius 1 is 1.22 bits per heavy atom. The standard InChI is InChI=1S/C18H23NO4/c1-10-7-8-12-11(2)17(23-15(12)9-10)18(22)19-13-5-3-4-6-14(20)16(13)21/h7-9,13-14,16,20-21H,3-6H2,1-2H3,(H,19,22)/t13-,14-,16-/m1/s1. The molecule has 1 amide bonds. The van der Waals surface area contributed by atoms with Gasteiger partial charge in [-0.05, 0) is 38.3 Å². The molecule has 1 aliphatic rings. The number of furan rings is 1. The van der Waals surface area contributed by atoms with Gasteiger partial charge in [-0.2, -0.15) is 0 Å². The van der Waals surface area contributed by atoms with Crippen LogP contribution in [0.3, 0.4) is 0 Å². The summed E-state index contributed by atoms with van der Waals surface area (Å²) in [6.45, 7) is 3.83. The molecule has 0 saturated heterocycles. The molecule has 0 unspecified atom stereocenters. The Kier molecular flexibility index (Phi) is 4.41. The van der Waals surface area contributed by atoms with Crippen molar-refractivity contribution in [2.45, 2.75) is 57.8 Å². The van der Waals surface area contributed by atoms with Crippen molar-refractivity contribution in [2.24, 2.45) is 0 Å². The summed E-state index contributed by atoms with van der Waals surface area (Å²) in [5, 5.41) is 23.8. The van der Waals surface area contributed by atoms with Crippen molar-refractivity contribution < 1.29 is 19.4 Å². The van der Waals surface area contributed by atoms with Crippen LogP contribution in [0, 0.1) is 13.8 Å². The lowest BCUT2D eigenvalue weighted by Crippen LogP contribution is -2.47. The molecule has 1 aliphatic carbocycles. The molecule has 0 aliphatic heterocycles. The molecule has 23 heavy (non-hydrogen) atoms. The summed E-state index contributed by atoms with van der Waals surface area (Å²) in [4.78, 5) is 12.6. The minimum atomic E-state index is -0.937. The van der Waals surface area contributed by atoms with E-state index in [0.29, 0.717) is 18.4 Å². The molecular weight excluding hydrogens is 294 g/mol. The molecule has 1 aromatic heterocycles. The summed E-state index contributed by atoms with van der Waals surface area (Å²) in [7, 11) is 0. The van der Waals surface area contributed by atoms with Crippen LogP contribution in [0.15, 0.2) is 22.6 Å². The zero-order valence-electron chi connectivity index (χ0n) is 13.5. The van der Waals surface area contributed by atoms with E-state index < -0.39 is 18.2 Å². The number of carbonyl (C=O) groups is 1. The quantitative estimate of drug-likeness (QED) is 0.743. The van der Waals surface area contributed by atoms with Gasteiger partial charge in [0.1, 0.15) is 11.7 Å². The van der Waals surface area contributed by atoms with E-state index in [1.807, 2.05) is 32.0 Å². The summed E-state index contributed by atoms with van der Waals surface area (Å²) in [5.74, 6) is -0.0639. The Hall–Kier alpha value is -1.85. The van der Waals surface area contributed by atoms with Crippen LogP contribution in [0.4, 0.5) is 0 Å². The number of nitrogens with one attached hydrogen (secondary N) is 1. The van der Waals surface area contributed by atoms with E-state index in [9.17, 15) is 15.0 Å². The van der Waals surface area contributed by atoms with E-state index in [0.717, 1.165) is 29.4 Å². The smallest absolute Gasteiger partial charge is 0.287 e. The maximum atomic E-state index is 12.6. The molecular formula is C18H23NO4. The van der Waals surface area contributed by atoms with Gasteiger partial charge < -0.3 is 19.9 Å². The zero-order valence-corrected chi connectivity index (χ0v) is 13.5. The number of aliphatic hydroxyl groups is 2. The number of rotatable bonds is 2. The van der Waals surface area contributed by atoms with Gasteiger partial charge in [-0.3, -0.25) is 4.79 Å². The van der Waals surface area contributed by atoms with Crippen LogP contribution < -0.4 is 5.32 Å². The summed E-state index contributed by atoms with van der Waals surface area (Å²) >= 11 is 0. The number of amides is 1. The third-order valence-electron chi connectivity index (χ3n) is 4.69. The molecule has 1 saturated carbocycles. The molecule has 5 heteroatoms.